The standard InChI is InChI=1S/C31H29ClF3N7O3/c1-14-15(2)29(41-11-17-4-5-19(17)31(41)45)37-9-21(14)16(3)42-12-18(8-38-42)39-30(44)27-24(13-43)36-10-23(40-27)25-20(28(34)35)6-7-22(32)26(25)33/h6-10,12,16-17,19,28,43H,4-5,11,13H2,1-3H3,(H,39,44)/t16?,17-,19-/m1/s1. The van der Waals surface area contributed by atoms with Crippen molar-refractivity contribution in [3.8, 4) is 11.3 Å². The maximum absolute atomic E-state index is 14.9. The average molecular weight is 640 g/mol. The monoisotopic (exact) mass is 639 g/mol. The van der Waals surface area contributed by atoms with Gasteiger partial charge in [0.2, 0.25) is 5.91 Å². The van der Waals surface area contributed by atoms with E-state index in [0.717, 1.165) is 47.9 Å². The van der Waals surface area contributed by atoms with Gasteiger partial charge in [-0.3, -0.25) is 24.2 Å². The topological polar surface area (TPSA) is 126 Å². The molecule has 6 rings (SSSR count). The van der Waals surface area contributed by atoms with Crippen LogP contribution in [0.25, 0.3) is 11.3 Å². The quantitative estimate of drug-likeness (QED) is 0.249. The summed E-state index contributed by atoms with van der Waals surface area (Å²) < 4.78 is 43.9. The number of aliphatic hydroxyl groups is 1. The van der Waals surface area contributed by atoms with Crippen LogP contribution in [-0.2, 0) is 11.4 Å². The Bertz CT molecular complexity index is 1830. The number of rotatable bonds is 8. The number of carbonyl (C=O) groups excluding carboxylic acids is 2. The lowest BCUT2D eigenvalue weighted by molar-refractivity contribution is -0.123. The fourth-order valence-corrected chi connectivity index (χ4v) is 6.17. The molecule has 2 amide bonds. The Morgan fingerprint density at radius 3 is 2.56 bits per heavy atom. The number of carbonyl (C=O) groups is 2. The molecule has 1 aliphatic carbocycles. The van der Waals surface area contributed by atoms with Gasteiger partial charge in [-0.25, -0.2) is 23.1 Å². The molecule has 0 spiro atoms. The fraction of sp³-hybridized carbons (Fsp3) is 0.355. The molecule has 3 atom stereocenters. The second-order valence-electron chi connectivity index (χ2n) is 11.4. The predicted molar refractivity (Wildman–Crippen MR) is 160 cm³/mol. The maximum atomic E-state index is 14.9. The molecule has 1 unspecified atom stereocenters. The Balaban J connectivity index is 1.24. The highest BCUT2D eigenvalue weighted by Crippen LogP contribution is 2.44. The zero-order chi connectivity index (χ0) is 32.2. The highest BCUT2D eigenvalue weighted by molar-refractivity contribution is 6.31. The molecule has 2 aliphatic rings. The minimum absolute atomic E-state index is 0.109. The highest BCUT2D eigenvalue weighted by atomic mass is 35.5. The van der Waals surface area contributed by atoms with E-state index in [9.17, 15) is 27.9 Å². The van der Waals surface area contributed by atoms with Crippen LogP contribution in [0.2, 0.25) is 5.02 Å². The third kappa shape index (κ3) is 5.33. The van der Waals surface area contributed by atoms with E-state index in [1.165, 1.54) is 6.20 Å². The molecular weight excluding hydrogens is 611 g/mol. The normalized spacial score (nSPS) is 18.2. The van der Waals surface area contributed by atoms with Crippen LogP contribution in [0.4, 0.5) is 24.7 Å². The van der Waals surface area contributed by atoms with Gasteiger partial charge in [0.25, 0.3) is 12.3 Å². The second kappa shape index (κ2) is 11.9. The summed E-state index contributed by atoms with van der Waals surface area (Å²) in [6.45, 7) is 5.85. The van der Waals surface area contributed by atoms with Crippen molar-refractivity contribution in [3.05, 3.63) is 81.4 Å². The van der Waals surface area contributed by atoms with Gasteiger partial charge in [0.1, 0.15) is 5.82 Å². The number of pyridine rings is 1. The van der Waals surface area contributed by atoms with Crippen LogP contribution in [0.5, 0.6) is 0 Å². The molecule has 234 valence electrons. The number of nitrogens with one attached hydrogen (secondary N) is 1. The van der Waals surface area contributed by atoms with Crippen molar-refractivity contribution in [2.75, 3.05) is 16.8 Å². The van der Waals surface area contributed by atoms with Crippen LogP contribution in [0, 0.1) is 31.5 Å². The fourth-order valence-electron chi connectivity index (χ4n) is 6.02. The Morgan fingerprint density at radius 1 is 1.13 bits per heavy atom. The van der Waals surface area contributed by atoms with Gasteiger partial charge in [-0.05, 0) is 62.3 Å². The zero-order valence-corrected chi connectivity index (χ0v) is 25.3. The molecule has 45 heavy (non-hydrogen) atoms. The van der Waals surface area contributed by atoms with Crippen LogP contribution >= 0.6 is 11.6 Å². The molecule has 4 aromatic rings. The average Bonchev–Trinajstić information content (AvgIpc) is 3.55. The van der Waals surface area contributed by atoms with E-state index in [0.29, 0.717) is 18.3 Å². The summed E-state index contributed by atoms with van der Waals surface area (Å²) in [5.41, 5.74) is 0.920. The lowest BCUT2D eigenvalue weighted by Gasteiger charge is -2.25. The molecule has 0 radical (unpaired) electrons. The van der Waals surface area contributed by atoms with Crippen molar-refractivity contribution in [3.63, 3.8) is 0 Å². The number of anilines is 2. The first-order valence-electron chi connectivity index (χ1n) is 14.4. The van der Waals surface area contributed by atoms with Crippen LogP contribution < -0.4 is 10.2 Å². The summed E-state index contributed by atoms with van der Waals surface area (Å²) in [5, 5.41) is 16.4. The van der Waals surface area contributed by atoms with Crippen LogP contribution in [0.15, 0.2) is 36.9 Å². The Labute approximate surface area is 261 Å². The van der Waals surface area contributed by atoms with Crippen molar-refractivity contribution < 1.29 is 27.9 Å². The minimum Gasteiger partial charge on any atom is -0.390 e. The first kappa shape index (κ1) is 30.7. The molecule has 1 saturated heterocycles. The van der Waals surface area contributed by atoms with E-state index in [1.807, 2.05) is 20.8 Å². The highest BCUT2D eigenvalue weighted by Gasteiger charge is 2.47. The van der Waals surface area contributed by atoms with Gasteiger partial charge in [-0.1, -0.05) is 17.7 Å². The van der Waals surface area contributed by atoms with E-state index in [1.54, 1.807) is 22.0 Å². The van der Waals surface area contributed by atoms with Gasteiger partial charge in [0, 0.05) is 36.0 Å². The molecule has 0 bridgehead atoms. The predicted octanol–water partition coefficient (Wildman–Crippen LogP) is 5.81. The van der Waals surface area contributed by atoms with Gasteiger partial charge in [0.05, 0.1) is 47.1 Å². The summed E-state index contributed by atoms with van der Waals surface area (Å²) in [4.78, 5) is 40.6. The SMILES string of the molecule is Cc1c(C(C)n2cc(NC(=O)c3nc(-c4c(C(F)F)ccc(Cl)c4F)cnc3CO)cn2)cnc(N2C[C@H]3CC[C@H]3C2=O)c1C. The molecule has 4 heterocycles. The van der Waals surface area contributed by atoms with Gasteiger partial charge in [-0.15, -0.1) is 0 Å². The number of nitrogens with zero attached hydrogens (tertiary/aromatic N) is 6. The number of amides is 2. The van der Waals surface area contributed by atoms with Crippen molar-refractivity contribution in [1.29, 1.82) is 0 Å². The molecule has 2 fully saturated rings. The zero-order valence-electron chi connectivity index (χ0n) is 24.6. The van der Waals surface area contributed by atoms with Crippen molar-refractivity contribution >= 4 is 34.9 Å². The molecule has 1 aliphatic heterocycles. The van der Waals surface area contributed by atoms with E-state index in [2.05, 4.69) is 25.4 Å². The lowest BCUT2D eigenvalue weighted by Crippen LogP contribution is -2.29. The van der Waals surface area contributed by atoms with Crippen LogP contribution in [-0.4, -0.2) is 48.2 Å². The minimum atomic E-state index is -3.05. The van der Waals surface area contributed by atoms with Crippen molar-refractivity contribution in [2.24, 2.45) is 11.8 Å². The smallest absolute Gasteiger partial charge is 0.276 e. The third-order valence-electron chi connectivity index (χ3n) is 8.87. The molecule has 2 N–H and O–H groups in total. The molecule has 3 aromatic heterocycles. The summed E-state index contributed by atoms with van der Waals surface area (Å²) in [6.07, 6.45) is 4.70. The maximum Gasteiger partial charge on any atom is 0.276 e. The molecular formula is C31H29ClF3N7O3. The molecule has 1 saturated carbocycles. The number of aromatic nitrogens is 5. The number of alkyl halides is 2. The van der Waals surface area contributed by atoms with E-state index >= 15 is 0 Å². The van der Waals surface area contributed by atoms with Crippen molar-refractivity contribution in [2.45, 2.75) is 52.7 Å². The number of fused-ring (bicyclic) bond motifs is 1. The Morgan fingerprint density at radius 2 is 1.91 bits per heavy atom. The second-order valence-corrected chi connectivity index (χ2v) is 11.8. The molecule has 1 aromatic carbocycles. The third-order valence-corrected chi connectivity index (χ3v) is 9.16. The first-order chi connectivity index (χ1) is 21.5. The summed E-state index contributed by atoms with van der Waals surface area (Å²) >= 11 is 5.84. The summed E-state index contributed by atoms with van der Waals surface area (Å²) in [7, 11) is 0. The van der Waals surface area contributed by atoms with Crippen molar-refractivity contribution in [1.82, 2.24) is 24.7 Å². The summed E-state index contributed by atoms with van der Waals surface area (Å²) in [6, 6.07) is 1.69. The first-order valence-corrected chi connectivity index (χ1v) is 14.7. The van der Waals surface area contributed by atoms with Gasteiger partial charge < -0.3 is 10.4 Å². The van der Waals surface area contributed by atoms with Gasteiger partial charge >= 0.3 is 0 Å². The molecule has 10 nitrogen and oxygen atoms in total. The molecule has 14 heteroatoms. The van der Waals surface area contributed by atoms with Gasteiger partial charge in [-0.2, -0.15) is 5.10 Å². The van der Waals surface area contributed by atoms with Gasteiger partial charge in [0.15, 0.2) is 11.5 Å². The summed E-state index contributed by atoms with van der Waals surface area (Å²) in [5.74, 6) is -0.611. The Kier molecular flexibility index (Phi) is 8.08. The van der Waals surface area contributed by atoms with E-state index in [-0.39, 0.29) is 40.6 Å². The number of halogens is 4. The van der Waals surface area contributed by atoms with Crippen LogP contribution in [0.3, 0.4) is 0 Å². The lowest BCUT2D eigenvalue weighted by atomic mass is 9.76. The van der Waals surface area contributed by atoms with Crippen LogP contribution in [0.1, 0.15) is 70.7 Å². The number of hydrogen-bond acceptors (Lipinski definition) is 7. The van der Waals surface area contributed by atoms with E-state index < -0.39 is 40.9 Å². The Hall–Kier alpha value is -4.36. The largest absolute Gasteiger partial charge is 0.390 e. The number of hydrogen-bond donors (Lipinski definition) is 2. The number of benzene rings is 1. The number of aliphatic hydroxyl groups excluding tert-OH is 1. The van der Waals surface area contributed by atoms with E-state index in [4.69, 9.17) is 11.6 Å².